The van der Waals surface area contributed by atoms with Gasteiger partial charge < -0.3 is 10.1 Å². The van der Waals surface area contributed by atoms with Crippen LogP contribution in [0.15, 0.2) is 0 Å². The minimum atomic E-state index is 0. The van der Waals surface area contributed by atoms with Crippen molar-refractivity contribution < 1.29 is 4.74 Å². The monoisotopic (exact) mass is 319 g/mol. The van der Waals surface area contributed by atoms with E-state index in [9.17, 15) is 0 Å². The average molecular weight is 320 g/mol. The Balaban J connectivity index is 0.00000220. The molecular formula is C16H34ClN3O. The van der Waals surface area contributed by atoms with Crippen LogP contribution in [0.4, 0.5) is 0 Å². The molecule has 0 aliphatic carbocycles. The molecule has 5 heteroatoms. The first-order chi connectivity index (χ1) is 9.67. The second-order valence-electron chi connectivity index (χ2n) is 6.77. The molecule has 1 N–H and O–H groups in total. The van der Waals surface area contributed by atoms with Crippen molar-refractivity contribution in [3.63, 3.8) is 0 Å². The molecule has 2 unspecified atom stereocenters. The predicted molar refractivity (Wildman–Crippen MR) is 91.4 cm³/mol. The quantitative estimate of drug-likeness (QED) is 0.725. The van der Waals surface area contributed by atoms with Crippen LogP contribution in [-0.4, -0.2) is 74.9 Å². The van der Waals surface area contributed by atoms with Crippen molar-refractivity contribution in [3.05, 3.63) is 0 Å². The van der Waals surface area contributed by atoms with Gasteiger partial charge in [0.05, 0.1) is 6.61 Å². The molecule has 2 saturated heterocycles. The summed E-state index contributed by atoms with van der Waals surface area (Å²) in [4.78, 5) is 5.32. The highest BCUT2D eigenvalue weighted by Crippen LogP contribution is 2.27. The molecule has 2 heterocycles. The van der Waals surface area contributed by atoms with Gasteiger partial charge in [-0.25, -0.2) is 0 Å². The average Bonchev–Trinajstić information content (AvgIpc) is 2.87. The molecule has 2 fully saturated rings. The standard InChI is InChI=1S/C16H33N3O.ClH/c1-4-15-12-18(14-16(3)6-7-17-13-16)8-9-19(15)10-11-20-5-2;/h15,17H,4-14H2,1-3H3;1H. The summed E-state index contributed by atoms with van der Waals surface area (Å²) in [5.74, 6) is 0. The van der Waals surface area contributed by atoms with E-state index < -0.39 is 0 Å². The van der Waals surface area contributed by atoms with Crippen LogP contribution in [0.5, 0.6) is 0 Å². The molecule has 0 radical (unpaired) electrons. The largest absolute Gasteiger partial charge is 0.380 e. The zero-order valence-electron chi connectivity index (χ0n) is 14.1. The van der Waals surface area contributed by atoms with E-state index in [1.165, 1.54) is 52.1 Å². The number of ether oxygens (including phenoxy) is 1. The predicted octanol–water partition coefficient (Wildman–Crippen LogP) is 1.84. The van der Waals surface area contributed by atoms with Gasteiger partial charge >= 0.3 is 0 Å². The van der Waals surface area contributed by atoms with Crippen molar-refractivity contribution in [2.75, 3.05) is 59.0 Å². The topological polar surface area (TPSA) is 27.7 Å². The highest BCUT2D eigenvalue weighted by atomic mass is 35.5. The fourth-order valence-corrected chi connectivity index (χ4v) is 3.65. The lowest BCUT2D eigenvalue weighted by Gasteiger charge is -2.43. The van der Waals surface area contributed by atoms with E-state index in [0.717, 1.165) is 19.8 Å². The molecule has 0 amide bonds. The Labute approximate surface area is 137 Å². The molecule has 0 aromatic heterocycles. The number of halogens is 1. The molecule has 2 rings (SSSR count). The van der Waals surface area contributed by atoms with E-state index in [4.69, 9.17) is 4.74 Å². The Kier molecular flexibility index (Phi) is 8.50. The van der Waals surface area contributed by atoms with Crippen LogP contribution in [0, 0.1) is 5.41 Å². The zero-order chi connectivity index (χ0) is 14.4. The van der Waals surface area contributed by atoms with E-state index in [1.807, 2.05) is 0 Å². The van der Waals surface area contributed by atoms with Gasteiger partial charge in [0.1, 0.15) is 0 Å². The van der Waals surface area contributed by atoms with Crippen LogP contribution >= 0.6 is 12.4 Å². The van der Waals surface area contributed by atoms with Crippen LogP contribution in [0.2, 0.25) is 0 Å². The zero-order valence-corrected chi connectivity index (χ0v) is 14.9. The first kappa shape index (κ1) is 19.2. The SMILES string of the molecule is CCOCCN1CCN(CC2(C)CCNC2)CC1CC.Cl. The van der Waals surface area contributed by atoms with Crippen LogP contribution < -0.4 is 5.32 Å². The normalized spacial score (nSPS) is 31.3. The van der Waals surface area contributed by atoms with Gasteiger partial charge in [-0.05, 0) is 31.7 Å². The number of hydrogen-bond donors (Lipinski definition) is 1. The number of nitrogens with one attached hydrogen (secondary N) is 1. The summed E-state index contributed by atoms with van der Waals surface area (Å²) in [7, 11) is 0. The summed E-state index contributed by atoms with van der Waals surface area (Å²) >= 11 is 0. The van der Waals surface area contributed by atoms with Gasteiger partial charge in [-0.3, -0.25) is 9.80 Å². The molecule has 0 aromatic rings. The maximum Gasteiger partial charge on any atom is 0.0593 e. The van der Waals surface area contributed by atoms with Crippen molar-refractivity contribution in [2.45, 2.75) is 39.7 Å². The summed E-state index contributed by atoms with van der Waals surface area (Å²) in [6.45, 7) is 17.0. The van der Waals surface area contributed by atoms with Crippen molar-refractivity contribution in [2.24, 2.45) is 5.41 Å². The fraction of sp³-hybridized carbons (Fsp3) is 1.00. The molecule has 21 heavy (non-hydrogen) atoms. The fourth-order valence-electron chi connectivity index (χ4n) is 3.65. The Bertz CT molecular complexity index is 285. The Morgan fingerprint density at radius 3 is 2.71 bits per heavy atom. The summed E-state index contributed by atoms with van der Waals surface area (Å²) in [6, 6.07) is 0.710. The molecule has 126 valence electrons. The third-order valence-corrected chi connectivity index (χ3v) is 4.95. The van der Waals surface area contributed by atoms with E-state index >= 15 is 0 Å². The lowest BCUT2D eigenvalue weighted by atomic mass is 9.88. The second kappa shape index (κ2) is 9.31. The maximum absolute atomic E-state index is 5.52. The molecular weight excluding hydrogens is 286 g/mol. The summed E-state index contributed by atoms with van der Waals surface area (Å²) in [5, 5.41) is 3.52. The van der Waals surface area contributed by atoms with Crippen LogP contribution in [0.1, 0.15) is 33.6 Å². The number of piperazine rings is 1. The molecule has 2 aliphatic rings. The molecule has 0 saturated carbocycles. The Hall–Kier alpha value is 0.130. The number of rotatable bonds is 7. The Morgan fingerprint density at radius 2 is 2.10 bits per heavy atom. The first-order valence-electron chi connectivity index (χ1n) is 8.42. The van der Waals surface area contributed by atoms with E-state index in [2.05, 4.69) is 35.9 Å². The molecule has 2 atom stereocenters. The summed E-state index contributed by atoms with van der Waals surface area (Å²) < 4.78 is 5.52. The van der Waals surface area contributed by atoms with Crippen LogP contribution in [0.3, 0.4) is 0 Å². The highest BCUT2D eigenvalue weighted by molar-refractivity contribution is 5.85. The van der Waals surface area contributed by atoms with Gasteiger partial charge in [-0.1, -0.05) is 13.8 Å². The minimum Gasteiger partial charge on any atom is -0.380 e. The van der Waals surface area contributed by atoms with Crippen LogP contribution in [0.25, 0.3) is 0 Å². The summed E-state index contributed by atoms with van der Waals surface area (Å²) in [5.41, 5.74) is 0.492. The molecule has 0 spiro atoms. The first-order valence-corrected chi connectivity index (χ1v) is 8.42. The third-order valence-electron chi connectivity index (χ3n) is 4.95. The summed E-state index contributed by atoms with van der Waals surface area (Å²) in [6.07, 6.45) is 2.58. The van der Waals surface area contributed by atoms with Crippen LogP contribution in [-0.2, 0) is 4.74 Å². The molecule has 0 aromatic carbocycles. The minimum absolute atomic E-state index is 0. The van der Waals surface area contributed by atoms with Gasteiger partial charge in [0.2, 0.25) is 0 Å². The van der Waals surface area contributed by atoms with Crippen molar-refractivity contribution >= 4 is 12.4 Å². The van der Waals surface area contributed by atoms with Gasteiger partial charge in [0.25, 0.3) is 0 Å². The lowest BCUT2D eigenvalue weighted by Crippen LogP contribution is -2.55. The van der Waals surface area contributed by atoms with Gasteiger partial charge in [0, 0.05) is 51.9 Å². The number of hydrogen-bond acceptors (Lipinski definition) is 4. The van der Waals surface area contributed by atoms with E-state index in [1.54, 1.807) is 0 Å². The van der Waals surface area contributed by atoms with Gasteiger partial charge in [-0.2, -0.15) is 0 Å². The third kappa shape index (κ3) is 5.68. The van der Waals surface area contributed by atoms with E-state index in [0.29, 0.717) is 11.5 Å². The lowest BCUT2D eigenvalue weighted by molar-refractivity contribution is 0.0280. The van der Waals surface area contributed by atoms with Crippen molar-refractivity contribution in [3.8, 4) is 0 Å². The molecule has 4 nitrogen and oxygen atoms in total. The molecule has 0 bridgehead atoms. The van der Waals surface area contributed by atoms with Crippen molar-refractivity contribution in [1.29, 1.82) is 0 Å². The van der Waals surface area contributed by atoms with Gasteiger partial charge in [0.15, 0.2) is 0 Å². The van der Waals surface area contributed by atoms with Gasteiger partial charge in [-0.15, -0.1) is 12.4 Å². The molecule has 2 aliphatic heterocycles. The van der Waals surface area contributed by atoms with Crippen molar-refractivity contribution in [1.82, 2.24) is 15.1 Å². The smallest absolute Gasteiger partial charge is 0.0593 e. The maximum atomic E-state index is 5.52. The number of nitrogens with zero attached hydrogens (tertiary/aromatic N) is 2. The van der Waals surface area contributed by atoms with E-state index in [-0.39, 0.29) is 12.4 Å². The second-order valence-corrected chi connectivity index (χ2v) is 6.77. The highest BCUT2D eigenvalue weighted by Gasteiger charge is 2.33. The Morgan fingerprint density at radius 1 is 1.29 bits per heavy atom.